The van der Waals surface area contributed by atoms with Crippen LogP contribution in [0.5, 0.6) is 5.75 Å². The number of ether oxygens (including phenoxy) is 1. The van der Waals surface area contributed by atoms with E-state index in [2.05, 4.69) is 21.9 Å². The summed E-state index contributed by atoms with van der Waals surface area (Å²) in [4.78, 5) is 17.2. The highest BCUT2D eigenvalue weighted by atomic mass is 16.5. The Morgan fingerprint density at radius 3 is 2.65 bits per heavy atom. The maximum Gasteiger partial charge on any atom is 0.237 e. The van der Waals surface area contributed by atoms with Crippen molar-refractivity contribution in [2.45, 2.75) is 44.6 Å². The first-order chi connectivity index (χ1) is 11.3. The molecule has 2 aliphatic rings. The molecule has 23 heavy (non-hydrogen) atoms. The lowest BCUT2D eigenvalue weighted by atomic mass is 10.0. The van der Waals surface area contributed by atoms with E-state index in [-0.39, 0.29) is 11.9 Å². The molecule has 2 saturated heterocycles. The average molecular weight is 316 g/mol. The molecule has 0 radical (unpaired) electrons. The third kappa shape index (κ3) is 4.05. The summed E-state index contributed by atoms with van der Waals surface area (Å²) in [5.74, 6) is 1.16. The van der Waals surface area contributed by atoms with Gasteiger partial charge in [0.05, 0.1) is 19.7 Å². The minimum absolute atomic E-state index is 0.213. The van der Waals surface area contributed by atoms with Gasteiger partial charge in [-0.05, 0) is 56.5 Å². The summed E-state index contributed by atoms with van der Waals surface area (Å²) >= 11 is 0. The Hall–Kier alpha value is -1.55. The van der Waals surface area contributed by atoms with E-state index in [1.807, 2.05) is 12.1 Å². The van der Waals surface area contributed by atoms with Gasteiger partial charge in [0.2, 0.25) is 5.91 Å². The molecule has 2 fully saturated rings. The molecule has 126 valence electrons. The summed E-state index contributed by atoms with van der Waals surface area (Å²) in [6, 6.07) is 8.38. The van der Waals surface area contributed by atoms with Gasteiger partial charge >= 0.3 is 0 Å². The molecule has 0 N–H and O–H groups in total. The Morgan fingerprint density at radius 1 is 1.13 bits per heavy atom. The SMILES string of the molecule is COc1cccc(C2CCCN2C(=O)CN2CCCCCC2)c1. The molecule has 2 heterocycles. The van der Waals surface area contributed by atoms with Gasteiger partial charge in [-0.25, -0.2) is 0 Å². The van der Waals surface area contributed by atoms with Crippen molar-refractivity contribution in [3.05, 3.63) is 29.8 Å². The van der Waals surface area contributed by atoms with Gasteiger partial charge in [-0.1, -0.05) is 25.0 Å². The van der Waals surface area contributed by atoms with Crippen LogP contribution < -0.4 is 4.74 Å². The lowest BCUT2D eigenvalue weighted by molar-refractivity contribution is -0.133. The molecule has 1 amide bonds. The number of rotatable bonds is 4. The van der Waals surface area contributed by atoms with Crippen LogP contribution in [0.4, 0.5) is 0 Å². The maximum absolute atomic E-state index is 12.8. The first-order valence-electron chi connectivity index (χ1n) is 8.94. The molecular formula is C19H28N2O2. The van der Waals surface area contributed by atoms with Crippen LogP contribution in [0.1, 0.15) is 50.1 Å². The predicted octanol–water partition coefficient (Wildman–Crippen LogP) is 3.23. The summed E-state index contributed by atoms with van der Waals surface area (Å²) in [5, 5.41) is 0. The molecule has 2 aliphatic heterocycles. The first-order valence-corrected chi connectivity index (χ1v) is 8.94. The number of carbonyl (C=O) groups excluding carboxylic acids is 1. The van der Waals surface area contributed by atoms with Crippen molar-refractivity contribution in [1.82, 2.24) is 9.80 Å². The molecule has 1 atom stereocenters. The number of carbonyl (C=O) groups is 1. The van der Waals surface area contributed by atoms with E-state index in [1.54, 1.807) is 7.11 Å². The smallest absolute Gasteiger partial charge is 0.237 e. The standard InChI is InChI=1S/C19H28N2O2/c1-23-17-9-6-8-16(14-17)18-10-7-13-21(18)19(22)15-20-11-4-2-3-5-12-20/h6,8-9,14,18H,2-5,7,10-13,15H2,1H3. The van der Waals surface area contributed by atoms with Gasteiger partial charge in [-0.2, -0.15) is 0 Å². The Labute approximate surface area is 139 Å². The summed E-state index contributed by atoms with van der Waals surface area (Å²) in [6.07, 6.45) is 7.22. The van der Waals surface area contributed by atoms with E-state index in [4.69, 9.17) is 4.74 Å². The lowest BCUT2D eigenvalue weighted by Crippen LogP contribution is -2.40. The van der Waals surface area contributed by atoms with E-state index in [1.165, 1.54) is 31.2 Å². The molecule has 0 aromatic heterocycles. The summed E-state index contributed by atoms with van der Waals surface area (Å²) in [6.45, 7) is 3.61. The van der Waals surface area contributed by atoms with E-state index in [0.29, 0.717) is 6.54 Å². The van der Waals surface area contributed by atoms with Crippen molar-refractivity contribution in [1.29, 1.82) is 0 Å². The van der Waals surface area contributed by atoms with Gasteiger partial charge in [-0.3, -0.25) is 9.69 Å². The molecule has 1 unspecified atom stereocenters. The van der Waals surface area contributed by atoms with E-state index >= 15 is 0 Å². The highest BCUT2D eigenvalue weighted by Crippen LogP contribution is 2.33. The zero-order valence-corrected chi connectivity index (χ0v) is 14.2. The molecule has 0 aliphatic carbocycles. The highest BCUT2D eigenvalue weighted by Gasteiger charge is 2.30. The van der Waals surface area contributed by atoms with Crippen molar-refractivity contribution in [3.63, 3.8) is 0 Å². The van der Waals surface area contributed by atoms with Crippen LogP contribution in [0, 0.1) is 0 Å². The van der Waals surface area contributed by atoms with Crippen molar-refractivity contribution < 1.29 is 9.53 Å². The number of methoxy groups -OCH3 is 1. The van der Waals surface area contributed by atoms with Crippen molar-refractivity contribution in [2.24, 2.45) is 0 Å². The molecule has 1 aromatic carbocycles. The zero-order valence-electron chi connectivity index (χ0n) is 14.2. The van der Waals surface area contributed by atoms with Gasteiger partial charge < -0.3 is 9.64 Å². The number of nitrogens with zero attached hydrogens (tertiary/aromatic N) is 2. The Bertz CT molecular complexity index is 524. The van der Waals surface area contributed by atoms with Crippen LogP contribution in [-0.4, -0.2) is 49.0 Å². The Morgan fingerprint density at radius 2 is 1.91 bits per heavy atom. The van der Waals surface area contributed by atoms with E-state index in [9.17, 15) is 4.79 Å². The lowest BCUT2D eigenvalue weighted by Gasteiger charge is -2.28. The fourth-order valence-corrected chi connectivity index (χ4v) is 3.84. The number of likely N-dealkylation sites (tertiary alicyclic amines) is 2. The van der Waals surface area contributed by atoms with Crippen LogP contribution >= 0.6 is 0 Å². The number of amides is 1. The Balaban J connectivity index is 1.66. The quantitative estimate of drug-likeness (QED) is 0.855. The molecule has 0 saturated carbocycles. The van der Waals surface area contributed by atoms with Crippen molar-refractivity contribution >= 4 is 5.91 Å². The van der Waals surface area contributed by atoms with Gasteiger partial charge in [0, 0.05) is 6.54 Å². The largest absolute Gasteiger partial charge is 0.497 e. The maximum atomic E-state index is 12.8. The highest BCUT2D eigenvalue weighted by molar-refractivity contribution is 5.79. The molecule has 4 heteroatoms. The minimum Gasteiger partial charge on any atom is -0.497 e. The third-order valence-electron chi connectivity index (χ3n) is 5.11. The monoisotopic (exact) mass is 316 g/mol. The molecule has 0 bridgehead atoms. The van der Waals surface area contributed by atoms with Gasteiger partial charge in [0.25, 0.3) is 0 Å². The molecular weight excluding hydrogens is 288 g/mol. The fraction of sp³-hybridized carbons (Fsp3) is 0.632. The first kappa shape index (κ1) is 16.3. The van der Waals surface area contributed by atoms with E-state index < -0.39 is 0 Å². The normalized spacial score (nSPS) is 22.8. The number of benzene rings is 1. The van der Waals surface area contributed by atoms with Crippen LogP contribution in [0.25, 0.3) is 0 Å². The second-order valence-corrected chi connectivity index (χ2v) is 6.71. The van der Waals surface area contributed by atoms with Crippen molar-refractivity contribution in [2.75, 3.05) is 33.3 Å². The van der Waals surface area contributed by atoms with Gasteiger partial charge in [-0.15, -0.1) is 0 Å². The molecule has 3 rings (SSSR count). The van der Waals surface area contributed by atoms with E-state index in [0.717, 1.165) is 38.2 Å². The number of hydrogen-bond donors (Lipinski definition) is 0. The molecule has 4 nitrogen and oxygen atoms in total. The minimum atomic E-state index is 0.213. The van der Waals surface area contributed by atoms with Crippen LogP contribution in [-0.2, 0) is 4.79 Å². The fourth-order valence-electron chi connectivity index (χ4n) is 3.84. The number of hydrogen-bond acceptors (Lipinski definition) is 3. The second-order valence-electron chi connectivity index (χ2n) is 6.71. The predicted molar refractivity (Wildman–Crippen MR) is 91.6 cm³/mol. The second kappa shape index (κ2) is 7.82. The van der Waals surface area contributed by atoms with Gasteiger partial charge in [0.1, 0.15) is 5.75 Å². The van der Waals surface area contributed by atoms with Crippen LogP contribution in [0.2, 0.25) is 0 Å². The summed E-state index contributed by atoms with van der Waals surface area (Å²) in [5.41, 5.74) is 1.20. The summed E-state index contributed by atoms with van der Waals surface area (Å²) < 4.78 is 5.33. The van der Waals surface area contributed by atoms with Crippen LogP contribution in [0.15, 0.2) is 24.3 Å². The Kier molecular flexibility index (Phi) is 5.55. The van der Waals surface area contributed by atoms with Crippen molar-refractivity contribution in [3.8, 4) is 5.75 Å². The van der Waals surface area contributed by atoms with Crippen LogP contribution in [0.3, 0.4) is 0 Å². The third-order valence-corrected chi connectivity index (χ3v) is 5.11. The van der Waals surface area contributed by atoms with Gasteiger partial charge in [0.15, 0.2) is 0 Å². The zero-order chi connectivity index (χ0) is 16.1. The summed E-state index contributed by atoms with van der Waals surface area (Å²) in [7, 11) is 1.69. The topological polar surface area (TPSA) is 32.8 Å². The molecule has 0 spiro atoms. The molecule has 1 aromatic rings. The average Bonchev–Trinajstić information content (AvgIpc) is 2.94.